The molecule has 0 aliphatic carbocycles. The Morgan fingerprint density at radius 3 is 3.07 bits per heavy atom. The summed E-state index contributed by atoms with van der Waals surface area (Å²) in [5, 5.41) is 10.8. The Morgan fingerprint density at radius 2 is 2.47 bits per heavy atom. The van der Waals surface area contributed by atoms with Gasteiger partial charge in [-0.15, -0.1) is 0 Å². The summed E-state index contributed by atoms with van der Waals surface area (Å²) in [6, 6.07) is 3.78. The van der Waals surface area contributed by atoms with Gasteiger partial charge in [-0.25, -0.2) is 0 Å². The van der Waals surface area contributed by atoms with Gasteiger partial charge in [0.2, 0.25) is 0 Å². The van der Waals surface area contributed by atoms with Gasteiger partial charge in [0.25, 0.3) is 0 Å². The third kappa shape index (κ3) is 4.51. The first-order valence-corrected chi connectivity index (χ1v) is 4.79. The van der Waals surface area contributed by atoms with Crippen LogP contribution in [0.2, 0.25) is 0 Å². The molecular formula is C10H15N3O2. The summed E-state index contributed by atoms with van der Waals surface area (Å²) in [6.07, 6.45) is 1.98. The molecular weight excluding hydrogens is 194 g/mol. The lowest BCUT2D eigenvalue weighted by Crippen LogP contribution is -2.28. The molecule has 1 heterocycles. The Labute approximate surface area is 88.9 Å². The molecule has 1 N–H and O–H groups in total. The molecule has 1 atom stereocenters. The van der Waals surface area contributed by atoms with E-state index in [4.69, 9.17) is 0 Å². The van der Waals surface area contributed by atoms with Crippen LogP contribution < -0.4 is 5.32 Å². The molecule has 0 spiro atoms. The third-order valence-electron chi connectivity index (χ3n) is 1.96. The summed E-state index contributed by atoms with van der Waals surface area (Å²) in [5.74, 6) is -0.214. The Kier molecular flexibility index (Phi) is 4.70. The number of carbonyl (C=O) groups excluding carboxylic acids is 1. The number of hydrogen-bond acceptors (Lipinski definition) is 5. The largest absolute Gasteiger partial charge is 0.469 e. The predicted molar refractivity (Wildman–Crippen MR) is 55.0 cm³/mol. The average Bonchev–Trinajstić information content (AvgIpc) is 2.27. The quantitative estimate of drug-likeness (QED) is 0.716. The SMILES string of the molecule is COC(=O)CC(C)NCc1cccnn1. The van der Waals surface area contributed by atoms with Gasteiger partial charge in [0, 0.05) is 18.8 Å². The number of ether oxygens (including phenoxy) is 1. The number of aromatic nitrogens is 2. The van der Waals surface area contributed by atoms with E-state index in [0.717, 1.165) is 5.69 Å². The normalized spacial score (nSPS) is 12.1. The van der Waals surface area contributed by atoms with Crippen LogP contribution in [0, 0.1) is 0 Å². The van der Waals surface area contributed by atoms with Gasteiger partial charge in [-0.05, 0) is 19.1 Å². The summed E-state index contributed by atoms with van der Waals surface area (Å²) in [4.78, 5) is 10.9. The van der Waals surface area contributed by atoms with Crippen molar-refractivity contribution >= 4 is 5.97 Å². The fraction of sp³-hybridized carbons (Fsp3) is 0.500. The number of methoxy groups -OCH3 is 1. The number of rotatable bonds is 5. The topological polar surface area (TPSA) is 64.1 Å². The fourth-order valence-electron chi connectivity index (χ4n) is 1.11. The van der Waals surface area contributed by atoms with Crippen molar-refractivity contribution in [3.8, 4) is 0 Å². The Balaban J connectivity index is 2.28. The lowest BCUT2D eigenvalue weighted by Gasteiger charge is -2.11. The highest BCUT2D eigenvalue weighted by molar-refractivity contribution is 5.69. The molecule has 0 amide bonds. The molecule has 0 bridgehead atoms. The molecule has 0 fully saturated rings. The Hall–Kier alpha value is -1.49. The van der Waals surface area contributed by atoms with Gasteiger partial charge in [-0.3, -0.25) is 4.79 Å². The van der Waals surface area contributed by atoms with Crippen LogP contribution in [0.3, 0.4) is 0 Å². The van der Waals surface area contributed by atoms with Crippen LogP contribution in [0.25, 0.3) is 0 Å². The Bertz CT molecular complexity index is 303. The summed E-state index contributed by atoms with van der Waals surface area (Å²) in [6.45, 7) is 2.53. The number of hydrogen-bond donors (Lipinski definition) is 1. The number of carbonyl (C=O) groups is 1. The molecule has 0 aromatic carbocycles. The van der Waals surface area contributed by atoms with Gasteiger partial charge in [-0.1, -0.05) is 0 Å². The maximum Gasteiger partial charge on any atom is 0.307 e. The van der Waals surface area contributed by atoms with E-state index < -0.39 is 0 Å². The van der Waals surface area contributed by atoms with Crippen LogP contribution in [-0.4, -0.2) is 29.3 Å². The van der Waals surface area contributed by atoms with Crippen LogP contribution in [0.1, 0.15) is 19.0 Å². The first-order chi connectivity index (χ1) is 7.22. The van der Waals surface area contributed by atoms with Crippen molar-refractivity contribution in [1.82, 2.24) is 15.5 Å². The fourth-order valence-corrected chi connectivity index (χ4v) is 1.11. The molecule has 0 radical (unpaired) electrons. The predicted octanol–water partition coefficient (Wildman–Crippen LogP) is 0.518. The van der Waals surface area contributed by atoms with Crippen LogP contribution in [0.5, 0.6) is 0 Å². The molecule has 1 aromatic heterocycles. The van der Waals surface area contributed by atoms with Crippen LogP contribution in [-0.2, 0) is 16.1 Å². The van der Waals surface area contributed by atoms with E-state index >= 15 is 0 Å². The van der Waals surface area contributed by atoms with Crippen molar-refractivity contribution < 1.29 is 9.53 Å². The minimum Gasteiger partial charge on any atom is -0.469 e. The summed E-state index contributed by atoms with van der Waals surface area (Å²) < 4.78 is 4.57. The van der Waals surface area contributed by atoms with E-state index in [1.54, 1.807) is 6.20 Å². The van der Waals surface area contributed by atoms with Crippen molar-refractivity contribution in [2.24, 2.45) is 0 Å². The molecule has 1 unspecified atom stereocenters. The molecule has 0 aliphatic heterocycles. The van der Waals surface area contributed by atoms with E-state index in [1.807, 2.05) is 19.1 Å². The van der Waals surface area contributed by atoms with Crippen molar-refractivity contribution in [2.45, 2.75) is 25.9 Å². The molecule has 5 nitrogen and oxygen atoms in total. The maximum absolute atomic E-state index is 10.9. The third-order valence-corrected chi connectivity index (χ3v) is 1.96. The smallest absolute Gasteiger partial charge is 0.307 e. The molecule has 1 aromatic rings. The molecule has 0 saturated heterocycles. The van der Waals surface area contributed by atoms with Crippen LogP contribution in [0.4, 0.5) is 0 Å². The molecule has 15 heavy (non-hydrogen) atoms. The summed E-state index contributed by atoms with van der Waals surface area (Å²) in [5.41, 5.74) is 0.856. The van der Waals surface area contributed by atoms with Crippen molar-refractivity contribution in [3.05, 3.63) is 24.0 Å². The zero-order valence-electron chi connectivity index (χ0n) is 8.93. The number of nitrogens with one attached hydrogen (secondary N) is 1. The summed E-state index contributed by atoms with van der Waals surface area (Å²) in [7, 11) is 1.39. The number of esters is 1. The minimum atomic E-state index is -0.214. The van der Waals surface area contributed by atoms with E-state index in [0.29, 0.717) is 13.0 Å². The van der Waals surface area contributed by atoms with Crippen LogP contribution in [0.15, 0.2) is 18.3 Å². The molecule has 5 heteroatoms. The second kappa shape index (κ2) is 6.08. The standard InChI is InChI=1S/C10H15N3O2/c1-8(6-10(14)15-2)11-7-9-4-3-5-12-13-9/h3-5,8,11H,6-7H2,1-2H3. The van der Waals surface area contributed by atoms with E-state index in [-0.39, 0.29) is 12.0 Å². The summed E-state index contributed by atoms with van der Waals surface area (Å²) >= 11 is 0. The van der Waals surface area contributed by atoms with Crippen molar-refractivity contribution in [1.29, 1.82) is 0 Å². The zero-order valence-corrected chi connectivity index (χ0v) is 8.93. The second-order valence-electron chi connectivity index (χ2n) is 3.28. The lowest BCUT2D eigenvalue weighted by atomic mass is 10.2. The lowest BCUT2D eigenvalue weighted by molar-refractivity contribution is -0.141. The van der Waals surface area contributed by atoms with Crippen LogP contribution >= 0.6 is 0 Å². The average molecular weight is 209 g/mol. The van der Waals surface area contributed by atoms with E-state index in [1.165, 1.54) is 7.11 Å². The minimum absolute atomic E-state index is 0.0689. The monoisotopic (exact) mass is 209 g/mol. The highest BCUT2D eigenvalue weighted by atomic mass is 16.5. The highest BCUT2D eigenvalue weighted by Gasteiger charge is 2.08. The highest BCUT2D eigenvalue weighted by Crippen LogP contribution is 1.96. The molecule has 82 valence electrons. The van der Waals surface area contributed by atoms with Crippen molar-refractivity contribution in [3.63, 3.8) is 0 Å². The second-order valence-corrected chi connectivity index (χ2v) is 3.28. The van der Waals surface area contributed by atoms with Gasteiger partial charge in [-0.2, -0.15) is 10.2 Å². The number of nitrogens with zero attached hydrogens (tertiary/aromatic N) is 2. The zero-order chi connectivity index (χ0) is 11.1. The van der Waals surface area contributed by atoms with Gasteiger partial charge < -0.3 is 10.1 Å². The van der Waals surface area contributed by atoms with Crippen molar-refractivity contribution in [2.75, 3.05) is 7.11 Å². The molecule has 1 rings (SSSR count). The van der Waals surface area contributed by atoms with E-state index in [2.05, 4.69) is 20.3 Å². The maximum atomic E-state index is 10.9. The van der Waals surface area contributed by atoms with Gasteiger partial charge >= 0.3 is 5.97 Å². The van der Waals surface area contributed by atoms with Gasteiger partial charge in [0.1, 0.15) is 0 Å². The van der Waals surface area contributed by atoms with Gasteiger partial charge in [0.15, 0.2) is 0 Å². The first kappa shape index (κ1) is 11.6. The Morgan fingerprint density at radius 1 is 1.67 bits per heavy atom. The van der Waals surface area contributed by atoms with Gasteiger partial charge in [0.05, 0.1) is 19.2 Å². The first-order valence-electron chi connectivity index (χ1n) is 4.79. The van der Waals surface area contributed by atoms with E-state index in [9.17, 15) is 4.79 Å². The molecule has 0 saturated carbocycles. The molecule has 0 aliphatic rings.